The number of halogens is 1. The second kappa shape index (κ2) is 6.54. The summed E-state index contributed by atoms with van der Waals surface area (Å²) in [7, 11) is 3.35. The SMILES string of the molecule is CN(C)C(=O)CCNC(=O)c1cc(Cl)c2ccccc2n1. The number of para-hydroxylation sites is 1. The van der Waals surface area contributed by atoms with Crippen molar-refractivity contribution in [3.05, 3.63) is 41.0 Å². The highest BCUT2D eigenvalue weighted by molar-refractivity contribution is 6.35. The van der Waals surface area contributed by atoms with E-state index in [-0.39, 0.29) is 30.5 Å². The normalized spacial score (nSPS) is 10.4. The fourth-order valence-corrected chi connectivity index (χ4v) is 2.11. The van der Waals surface area contributed by atoms with Gasteiger partial charge in [0.2, 0.25) is 5.91 Å². The third-order valence-corrected chi connectivity index (χ3v) is 3.33. The van der Waals surface area contributed by atoms with E-state index in [0.717, 1.165) is 5.39 Å². The Morgan fingerprint density at radius 1 is 1.29 bits per heavy atom. The van der Waals surface area contributed by atoms with E-state index < -0.39 is 0 Å². The number of hydrogen-bond donors (Lipinski definition) is 1. The minimum absolute atomic E-state index is 0.0418. The molecule has 0 aliphatic carbocycles. The minimum atomic E-state index is -0.339. The summed E-state index contributed by atoms with van der Waals surface area (Å²) in [5, 5.41) is 3.95. The lowest BCUT2D eigenvalue weighted by Gasteiger charge is -2.10. The van der Waals surface area contributed by atoms with E-state index in [1.807, 2.05) is 18.2 Å². The van der Waals surface area contributed by atoms with Crippen LogP contribution in [0.25, 0.3) is 10.9 Å². The number of benzene rings is 1. The molecule has 0 unspecified atom stereocenters. The Kier molecular flexibility index (Phi) is 4.75. The summed E-state index contributed by atoms with van der Waals surface area (Å²) >= 11 is 6.15. The van der Waals surface area contributed by atoms with Gasteiger partial charge in [0, 0.05) is 32.4 Å². The Morgan fingerprint density at radius 3 is 2.71 bits per heavy atom. The minimum Gasteiger partial charge on any atom is -0.350 e. The van der Waals surface area contributed by atoms with Crippen LogP contribution in [-0.2, 0) is 4.79 Å². The Balaban J connectivity index is 2.08. The van der Waals surface area contributed by atoms with Crippen LogP contribution >= 0.6 is 11.6 Å². The van der Waals surface area contributed by atoms with Gasteiger partial charge in [0.15, 0.2) is 0 Å². The van der Waals surface area contributed by atoms with E-state index in [1.165, 1.54) is 11.0 Å². The molecule has 0 saturated heterocycles. The van der Waals surface area contributed by atoms with Gasteiger partial charge in [-0.05, 0) is 12.1 Å². The maximum atomic E-state index is 12.0. The summed E-state index contributed by atoms with van der Waals surface area (Å²) in [4.78, 5) is 29.2. The molecule has 0 spiro atoms. The maximum Gasteiger partial charge on any atom is 0.269 e. The van der Waals surface area contributed by atoms with E-state index in [0.29, 0.717) is 10.5 Å². The largest absolute Gasteiger partial charge is 0.350 e. The molecule has 21 heavy (non-hydrogen) atoms. The van der Waals surface area contributed by atoms with Crippen LogP contribution < -0.4 is 5.32 Å². The van der Waals surface area contributed by atoms with Crippen molar-refractivity contribution in [2.45, 2.75) is 6.42 Å². The molecular formula is C15H16ClN3O2. The van der Waals surface area contributed by atoms with Crippen molar-refractivity contribution < 1.29 is 9.59 Å². The fourth-order valence-electron chi connectivity index (χ4n) is 1.85. The summed E-state index contributed by atoms with van der Waals surface area (Å²) in [5.41, 5.74) is 0.913. The van der Waals surface area contributed by atoms with Gasteiger partial charge < -0.3 is 10.2 Å². The van der Waals surface area contributed by atoms with Crippen LogP contribution in [0.15, 0.2) is 30.3 Å². The zero-order valence-corrected chi connectivity index (χ0v) is 12.6. The van der Waals surface area contributed by atoms with Crippen LogP contribution in [0.3, 0.4) is 0 Å². The van der Waals surface area contributed by atoms with E-state index in [2.05, 4.69) is 10.3 Å². The van der Waals surface area contributed by atoms with Gasteiger partial charge in [0.1, 0.15) is 5.69 Å². The van der Waals surface area contributed by atoms with Crippen LogP contribution in [0, 0.1) is 0 Å². The van der Waals surface area contributed by atoms with Gasteiger partial charge in [-0.3, -0.25) is 9.59 Å². The monoisotopic (exact) mass is 305 g/mol. The molecule has 1 heterocycles. The first-order valence-electron chi connectivity index (χ1n) is 6.52. The number of fused-ring (bicyclic) bond motifs is 1. The molecule has 2 rings (SSSR count). The number of carbonyl (C=O) groups is 2. The predicted octanol–water partition coefficient (Wildman–Crippen LogP) is 2.10. The molecule has 0 bridgehead atoms. The van der Waals surface area contributed by atoms with Gasteiger partial charge in [-0.25, -0.2) is 4.98 Å². The van der Waals surface area contributed by atoms with Crippen molar-refractivity contribution in [3.8, 4) is 0 Å². The van der Waals surface area contributed by atoms with Crippen LogP contribution in [-0.4, -0.2) is 42.3 Å². The molecule has 0 aliphatic rings. The topological polar surface area (TPSA) is 62.3 Å². The standard InChI is InChI=1S/C15H16ClN3O2/c1-19(2)14(20)7-8-17-15(21)13-9-11(16)10-5-3-4-6-12(10)18-13/h3-6,9H,7-8H2,1-2H3,(H,17,21). The third-order valence-electron chi connectivity index (χ3n) is 3.02. The first kappa shape index (κ1) is 15.3. The molecule has 2 amide bonds. The highest BCUT2D eigenvalue weighted by Crippen LogP contribution is 2.22. The molecule has 1 aromatic carbocycles. The zero-order valence-electron chi connectivity index (χ0n) is 11.9. The Labute approximate surface area is 127 Å². The number of carbonyl (C=O) groups excluding carboxylic acids is 2. The van der Waals surface area contributed by atoms with E-state index in [4.69, 9.17) is 11.6 Å². The van der Waals surface area contributed by atoms with Gasteiger partial charge in [0.25, 0.3) is 5.91 Å². The maximum absolute atomic E-state index is 12.0. The molecule has 0 aliphatic heterocycles. The van der Waals surface area contributed by atoms with Crippen molar-refractivity contribution in [2.75, 3.05) is 20.6 Å². The zero-order chi connectivity index (χ0) is 15.4. The summed E-state index contributed by atoms with van der Waals surface area (Å²) in [6.45, 7) is 0.266. The molecule has 1 aromatic heterocycles. The van der Waals surface area contributed by atoms with Crippen LogP contribution in [0.5, 0.6) is 0 Å². The molecule has 0 fully saturated rings. The molecular weight excluding hydrogens is 290 g/mol. The molecule has 1 N–H and O–H groups in total. The average molecular weight is 306 g/mol. The first-order chi connectivity index (χ1) is 9.99. The number of amides is 2. The van der Waals surface area contributed by atoms with Gasteiger partial charge in [0.05, 0.1) is 10.5 Å². The van der Waals surface area contributed by atoms with Gasteiger partial charge in [-0.2, -0.15) is 0 Å². The van der Waals surface area contributed by atoms with Crippen molar-refractivity contribution in [2.24, 2.45) is 0 Å². The predicted molar refractivity (Wildman–Crippen MR) is 82.4 cm³/mol. The Bertz CT molecular complexity index is 686. The lowest BCUT2D eigenvalue weighted by molar-refractivity contribution is -0.128. The molecule has 0 saturated carbocycles. The number of rotatable bonds is 4. The average Bonchev–Trinajstić information content (AvgIpc) is 2.46. The molecule has 2 aromatic rings. The quantitative estimate of drug-likeness (QED) is 0.941. The van der Waals surface area contributed by atoms with Gasteiger partial charge in [-0.15, -0.1) is 0 Å². The number of nitrogens with zero attached hydrogens (tertiary/aromatic N) is 2. The van der Waals surface area contributed by atoms with Gasteiger partial charge >= 0.3 is 0 Å². The summed E-state index contributed by atoms with van der Waals surface area (Å²) in [6.07, 6.45) is 0.250. The highest BCUT2D eigenvalue weighted by Gasteiger charge is 2.11. The third kappa shape index (κ3) is 3.70. The van der Waals surface area contributed by atoms with Crippen molar-refractivity contribution >= 4 is 34.3 Å². The summed E-state index contributed by atoms with van der Waals surface area (Å²) < 4.78 is 0. The van der Waals surface area contributed by atoms with E-state index in [1.54, 1.807) is 20.2 Å². The number of pyridine rings is 1. The fraction of sp³-hybridized carbons (Fsp3) is 0.267. The molecule has 5 nitrogen and oxygen atoms in total. The van der Waals surface area contributed by atoms with Crippen molar-refractivity contribution in [1.29, 1.82) is 0 Å². The number of aromatic nitrogens is 1. The Hall–Kier alpha value is -2.14. The Morgan fingerprint density at radius 2 is 2.00 bits per heavy atom. The van der Waals surface area contributed by atoms with Gasteiger partial charge in [-0.1, -0.05) is 29.8 Å². The number of hydrogen-bond acceptors (Lipinski definition) is 3. The van der Waals surface area contributed by atoms with Crippen LogP contribution in [0.2, 0.25) is 5.02 Å². The molecule has 110 valence electrons. The second-order valence-corrected chi connectivity index (χ2v) is 5.21. The van der Waals surface area contributed by atoms with Crippen molar-refractivity contribution in [3.63, 3.8) is 0 Å². The summed E-state index contributed by atoms with van der Waals surface area (Å²) in [5.74, 6) is -0.381. The lowest BCUT2D eigenvalue weighted by atomic mass is 10.2. The van der Waals surface area contributed by atoms with Crippen LogP contribution in [0.1, 0.15) is 16.9 Å². The van der Waals surface area contributed by atoms with Crippen molar-refractivity contribution in [1.82, 2.24) is 15.2 Å². The molecule has 0 radical (unpaired) electrons. The van der Waals surface area contributed by atoms with E-state index in [9.17, 15) is 9.59 Å². The van der Waals surface area contributed by atoms with E-state index >= 15 is 0 Å². The first-order valence-corrected chi connectivity index (χ1v) is 6.90. The lowest BCUT2D eigenvalue weighted by Crippen LogP contribution is -2.30. The smallest absolute Gasteiger partial charge is 0.269 e. The molecule has 6 heteroatoms. The van der Waals surface area contributed by atoms with Crippen LogP contribution in [0.4, 0.5) is 0 Å². The summed E-state index contributed by atoms with van der Waals surface area (Å²) in [6, 6.07) is 8.88. The number of nitrogens with one attached hydrogen (secondary N) is 1. The molecule has 0 atom stereocenters. The second-order valence-electron chi connectivity index (χ2n) is 4.80. The highest BCUT2D eigenvalue weighted by atomic mass is 35.5.